The number of nitrogens with zero attached hydrogens (tertiary/aromatic N) is 5. The van der Waals surface area contributed by atoms with Crippen LogP contribution in [0.4, 0.5) is 0 Å². The van der Waals surface area contributed by atoms with Gasteiger partial charge in [0.2, 0.25) is 41.4 Å². The van der Waals surface area contributed by atoms with Crippen molar-refractivity contribution in [1.29, 1.82) is 0 Å². The first-order valence-electron chi connectivity index (χ1n) is 27.4. The summed E-state index contributed by atoms with van der Waals surface area (Å²) in [6, 6.07) is -1.24. The van der Waals surface area contributed by atoms with E-state index in [0.717, 1.165) is 0 Å². The SMILES string of the molecule is C/C1=C2N=C(/C=C3\N/C(=C(/C)C4=N[C@](C)(C5N=C1[C@](C)(C(=O)NC[C@H](C)OP(=O)(O)O[C@H]1[C@@H](O)[C@H](n6ccnc6)O[C@@H]1CO)[C@H]5CC(N)=O)[C@@](C)(CC(N)=O)[C@@H]4CCC(N)=O)[C@@](C)(CC(N)=O)[C@@H]3CCC(N)=O)C(C)(C)[C@@H]/2CCC(N)=O. The molecule has 0 spiro atoms. The van der Waals surface area contributed by atoms with Gasteiger partial charge >= 0.3 is 7.82 Å². The fourth-order valence-corrected chi connectivity index (χ4v) is 15.1. The fraction of sp³-hybridized carbons (Fsp3) is 0.648. The van der Waals surface area contributed by atoms with E-state index in [9.17, 15) is 48.4 Å². The Hall–Kier alpha value is -6.48. The van der Waals surface area contributed by atoms with Crippen molar-refractivity contribution in [2.45, 2.75) is 162 Å². The van der Waals surface area contributed by atoms with Crippen LogP contribution in [0.25, 0.3) is 0 Å². The average Bonchev–Trinajstić information content (AvgIpc) is 4.37. The molecule has 0 saturated carbocycles. The third-order valence-corrected chi connectivity index (χ3v) is 19.5. The van der Waals surface area contributed by atoms with Gasteiger partial charge in [-0.1, -0.05) is 27.7 Å². The van der Waals surface area contributed by atoms with Crippen LogP contribution in [-0.4, -0.2) is 132 Å². The number of nitrogens with one attached hydrogen (secondary N) is 2. The monoisotopic (exact) mass is 1170 g/mol. The number of aliphatic hydroxyl groups excluding tert-OH is 2. The summed E-state index contributed by atoms with van der Waals surface area (Å²) < 4.78 is 31.8. The number of aromatic nitrogens is 2. The highest BCUT2D eigenvalue weighted by molar-refractivity contribution is 7.47. The minimum Gasteiger partial charge on any atom is -0.394 e. The van der Waals surface area contributed by atoms with E-state index >= 15 is 4.79 Å². The van der Waals surface area contributed by atoms with Crippen LogP contribution in [0.1, 0.15) is 126 Å². The van der Waals surface area contributed by atoms with Crippen molar-refractivity contribution < 1.29 is 67.0 Å². The topological polar surface area (TPSA) is 460 Å². The maximum absolute atomic E-state index is 15.7. The Kier molecular flexibility index (Phi) is 17.9. The van der Waals surface area contributed by atoms with Gasteiger partial charge in [-0.3, -0.25) is 57.6 Å². The summed E-state index contributed by atoms with van der Waals surface area (Å²) in [5.41, 5.74) is 32.1. The molecule has 1 aromatic heterocycles. The molecule has 450 valence electrons. The van der Waals surface area contributed by atoms with E-state index in [4.69, 9.17) is 63.2 Å². The summed E-state index contributed by atoms with van der Waals surface area (Å²) in [6.07, 6.45) is -1.93. The van der Waals surface area contributed by atoms with Crippen molar-refractivity contribution >= 4 is 66.3 Å². The smallest absolute Gasteiger partial charge is 0.394 e. The van der Waals surface area contributed by atoms with E-state index in [1.165, 1.54) is 30.2 Å². The molecule has 7 amide bonds. The highest BCUT2D eigenvalue weighted by atomic mass is 31.2. The molecule has 27 nitrogen and oxygen atoms in total. The molecule has 7 rings (SSSR count). The Labute approximate surface area is 475 Å². The zero-order valence-corrected chi connectivity index (χ0v) is 48.7. The molecule has 0 radical (unpaired) electrons. The van der Waals surface area contributed by atoms with Crippen LogP contribution >= 0.6 is 7.82 Å². The van der Waals surface area contributed by atoms with Gasteiger partial charge in [0, 0.05) is 126 Å². The van der Waals surface area contributed by atoms with Crippen LogP contribution in [0, 0.1) is 45.3 Å². The number of primary amides is 6. The van der Waals surface area contributed by atoms with Crippen molar-refractivity contribution in [3.63, 3.8) is 0 Å². The van der Waals surface area contributed by atoms with E-state index < -0.39 is 156 Å². The van der Waals surface area contributed by atoms with Crippen LogP contribution < -0.4 is 45.0 Å². The molecule has 28 heteroatoms. The molecule has 2 fully saturated rings. The second kappa shape index (κ2) is 23.3. The first-order valence-corrected chi connectivity index (χ1v) is 28.9. The Morgan fingerprint density at radius 2 is 1.45 bits per heavy atom. The number of aliphatic imine (C=N–C) groups is 3. The third kappa shape index (κ3) is 11.6. The van der Waals surface area contributed by atoms with Gasteiger partial charge in [0.05, 0.1) is 41.7 Å². The lowest BCUT2D eigenvalue weighted by molar-refractivity contribution is -0.132. The van der Waals surface area contributed by atoms with E-state index in [-0.39, 0.29) is 57.1 Å². The highest BCUT2D eigenvalue weighted by Gasteiger charge is 2.68. The van der Waals surface area contributed by atoms with Crippen molar-refractivity contribution in [2.75, 3.05) is 13.2 Å². The van der Waals surface area contributed by atoms with E-state index in [0.29, 0.717) is 39.7 Å². The fourth-order valence-electron chi connectivity index (χ4n) is 14.0. The molecule has 7 heterocycles. The number of carbonyl (C=O) groups is 7. The standard InChI is InChI=1S/C54H80N13O14P/c1-25(80-82(77,78)81-44-33(23-68)79-48(43(44)75)67-17-16-61-24-67)22-62-49(76)53(8)31(18-38(58)72)47-54(9)52(7,21-40(60)74)30(12-15-37(57)71)42(66-54)27(3)45-51(6,20-39(59)73)28(10-13-35(55)69)32(63-45)19-34-50(4,5)29(11-14-36(56)70)41(64-34)26(2)46(53)65-47/h16-17,19,24-25,28-31,33,43-44,47-48,63,68,75H,10-15,18,20-23H2,1-9H3,(H2,55,69)(H2,56,70)(H2,57,71)(H2,58,72)(H2,59,73)(H2,60,74)(H,62,76)(H,77,78)/b32-19-,41-26-,45-27-/t25-,28+,29+,30+,31-,33+,43+,44+,47?,48+,51-,52-,53+,54+/m0/s1. The van der Waals surface area contributed by atoms with E-state index in [2.05, 4.69) is 15.6 Å². The van der Waals surface area contributed by atoms with E-state index in [1.807, 2.05) is 26.8 Å². The number of hydrogen-bond acceptors (Lipinski definition) is 18. The number of allylic oxidation sites excluding steroid dienone is 6. The second-order valence-electron chi connectivity index (χ2n) is 24.2. The molecule has 2 unspecified atom stereocenters. The summed E-state index contributed by atoms with van der Waals surface area (Å²) >= 11 is 0. The summed E-state index contributed by atoms with van der Waals surface area (Å²) in [4.78, 5) is 126. The number of amides is 7. The summed E-state index contributed by atoms with van der Waals surface area (Å²) in [5.74, 6) is -8.20. The molecule has 17 N–H and O–H groups in total. The number of rotatable bonds is 24. The van der Waals surface area contributed by atoms with Gasteiger partial charge in [-0.15, -0.1) is 0 Å². The molecule has 15 atom stereocenters. The average molecular weight is 1170 g/mol. The largest absolute Gasteiger partial charge is 0.472 e. The molecular formula is C54H80N13O14P. The summed E-state index contributed by atoms with van der Waals surface area (Å²) in [6.45, 7) is 14.4. The number of fused-ring (bicyclic) bond motifs is 6. The number of nitrogens with two attached hydrogens (primary N) is 6. The van der Waals surface area contributed by atoms with Gasteiger partial charge in [-0.05, 0) is 71.1 Å². The quantitative estimate of drug-likeness (QED) is 0.0632. The number of ether oxygens (including phenoxy) is 1. The minimum absolute atomic E-state index is 0.0184. The molecule has 0 aromatic carbocycles. The number of phosphoric acid groups is 1. The lowest BCUT2D eigenvalue weighted by atomic mass is 9.56. The number of hydrogen-bond donors (Lipinski definition) is 11. The van der Waals surface area contributed by atoms with Crippen molar-refractivity contribution in [2.24, 2.45) is 94.7 Å². The Balaban J connectivity index is 1.44. The zero-order chi connectivity index (χ0) is 61.0. The van der Waals surface area contributed by atoms with Gasteiger partial charge in [0.15, 0.2) is 6.23 Å². The Morgan fingerprint density at radius 3 is 2.00 bits per heavy atom. The predicted octanol–water partition coefficient (Wildman–Crippen LogP) is 0.613. The summed E-state index contributed by atoms with van der Waals surface area (Å²) in [7, 11) is -5.13. The van der Waals surface area contributed by atoms with Crippen molar-refractivity contribution in [3.05, 3.63) is 53.0 Å². The number of imidazole rings is 1. The summed E-state index contributed by atoms with van der Waals surface area (Å²) in [5, 5.41) is 27.7. The van der Waals surface area contributed by atoms with Gasteiger partial charge in [0.1, 0.15) is 18.3 Å². The van der Waals surface area contributed by atoms with E-state index in [1.54, 1.807) is 34.6 Å². The molecule has 8 bridgehead atoms. The Bertz CT molecular complexity index is 3030. The van der Waals surface area contributed by atoms with Crippen LogP contribution in [0.5, 0.6) is 0 Å². The molecule has 82 heavy (non-hydrogen) atoms. The highest BCUT2D eigenvalue weighted by Crippen LogP contribution is 2.62. The van der Waals surface area contributed by atoms with Gasteiger partial charge in [-0.25, -0.2) is 9.55 Å². The molecule has 2 saturated heterocycles. The normalized spacial score (nSPS) is 36.3. The lowest BCUT2D eigenvalue weighted by Crippen LogP contribution is -2.58. The number of phosphoric ester groups is 1. The van der Waals surface area contributed by atoms with Crippen LogP contribution in [-0.2, 0) is 51.9 Å². The zero-order valence-electron chi connectivity index (χ0n) is 47.8. The number of carbonyl (C=O) groups excluding carboxylic acids is 7. The first kappa shape index (κ1) is 63.1. The minimum atomic E-state index is -5.13. The molecule has 1 aromatic rings. The molecular weight excluding hydrogens is 1090 g/mol. The maximum atomic E-state index is 15.7. The van der Waals surface area contributed by atoms with Crippen molar-refractivity contribution in [1.82, 2.24) is 20.2 Å². The third-order valence-electron chi connectivity index (χ3n) is 18.4. The van der Waals surface area contributed by atoms with Crippen LogP contribution in [0.15, 0.2) is 68.0 Å². The first-order chi connectivity index (χ1) is 38.1. The Morgan fingerprint density at radius 1 is 0.854 bits per heavy atom. The van der Waals surface area contributed by atoms with Crippen LogP contribution in [0.3, 0.4) is 0 Å². The maximum Gasteiger partial charge on any atom is 0.472 e. The number of aliphatic hydroxyl groups is 2. The van der Waals surface area contributed by atoms with Crippen LogP contribution in [0.2, 0.25) is 0 Å². The van der Waals surface area contributed by atoms with Gasteiger partial charge in [-0.2, -0.15) is 0 Å². The molecule has 0 aliphatic carbocycles. The van der Waals surface area contributed by atoms with Gasteiger partial charge < -0.3 is 69.4 Å². The molecule has 6 aliphatic rings. The second-order valence-corrected chi connectivity index (χ2v) is 25.6. The van der Waals surface area contributed by atoms with Gasteiger partial charge in [0.25, 0.3) is 0 Å². The molecule has 6 aliphatic heterocycles. The van der Waals surface area contributed by atoms with Crippen molar-refractivity contribution in [3.8, 4) is 0 Å². The predicted molar refractivity (Wildman–Crippen MR) is 297 cm³/mol. The lowest BCUT2D eigenvalue weighted by Gasteiger charge is -2.48.